The van der Waals surface area contributed by atoms with Gasteiger partial charge in [0.2, 0.25) is 10.0 Å². The molecular weight excluding hydrogens is 270 g/mol. The van der Waals surface area contributed by atoms with Gasteiger partial charge in [-0.3, -0.25) is 0 Å². The largest absolute Gasteiger partial charge is 0.326 e. The summed E-state index contributed by atoms with van der Waals surface area (Å²) in [5.74, 6) is 0. The summed E-state index contributed by atoms with van der Waals surface area (Å²) < 4.78 is 26.6. The number of nitrogens with zero attached hydrogens (tertiary/aromatic N) is 2. The Morgan fingerprint density at radius 3 is 2.83 bits per heavy atom. The van der Waals surface area contributed by atoms with E-state index in [4.69, 9.17) is 5.73 Å². The molecule has 0 radical (unpaired) electrons. The van der Waals surface area contributed by atoms with E-state index >= 15 is 0 Å². The van der Waals surface area contributed by atoms with Gasteiger partial charge in [0.1, 0.15) is 0 Å². The molecule has 1 unspecified atom stereocenters. The highest BCUT2D eigenvalue weighted by atomic mass is 32.2. The molecule has 2 N–H and O–H groups in total. The Morgan fingerprint density at radius 1 is 1.56 bits per heavy atom. The molecule has 2 rings (SSSR count). The van der Waals surface area contributed by atoms with Gasteiger partial charge in [0.05, 0.1) is 4.90 Å². The van der Waals surface area contributed by atoms with E-state index in [0.717, 1.165) is 11.3 Å². The summed E-state index contributed by atoms with van der Waals surface area (Å²) in [6, 6.07) is 1.96. The summed E-state index contributed by atoms with van der Waals surface area (Å²) in [6.07, 6.45) is 0.883. The zero-order chi connectivity index (χ0) is 13.3. The van der Waals surface area contributed by atoms with Crippen molar-refractivity contribution in [2.45, 2.75) is 23.9 Å². The molecule has 0 saturated carbocycles. The number of nitrogens with two attached hydrogens (primary N) is 1. The van der Waals surface area contributed by atoms with Crippen LogP contribution in [0.1, 0.15) is 11.3 Å². The van der Waals surface area contributed by atoms with E-state index in [1.807, 2.05) is 14.1 Å². The fourth-order valence-corrected chi connectivity index (χ4v) is 5.00. The second-order valence-corrected chi connectivity index (χ2v) is 7.59. The molecule has 0 spiro atoms. The van der Waals surface area contributed by atoms with Crippen LogP contribution in [0.2, 0.25) is 0 Å². The average molecular weight is 289 g/mol. The van der Waals surface area contributed by atoms with Crippen molar-refractivity contribution in [3.05, 3.63) is 16.3 Å². The van der Waals surface area contributed by atoms with Crippen LogP contribution in [-0.2, 0) is 16.6 Å². The smallest absolute Gasteiger partial charge is 0.244 e. The Bertz CT molecular complexity index is 510. The molecule has 7 heteroatoms. The van der Waals surface area contributed by atoms with Crippen molar-refractivity contribution < 1.29 is 8.42 Å². The molecule has 2 heterocycles. The van der Waals surface area contributed by atoms with Gasteiger partial charge < -0.3 is 10.6 Å². The third kappa shape index (κ3) is 2.46. The number of likely N-dealkylation sites (N-methyl/N-ethyl adjacent to an activating group) is 1. The molecule has 1 atom stereocenters. The Labute approximate surface area is 112 Å². The van der Waals surface area contributed by atoms with Crippen molar-refractivity contribution in [2.24, 2.45) is 5.73 Å². The Kier molecular flexibility index (Phi) is 4.08. The summed E-state index contributed by atoms with van der Waals surface area (Å²) in [7, 11) is 0.598. The number of rotatable bonds is 4. The topological polar surface area (TPSA) is 66.6 Å². The maximum atomic E-state index is 12.5. The molecule has 1 aliphatic rings. The summed E-state index contributed by atoms with van der Waals surface area (Å²) in [5, 5.41) is 1.79. The first-order valence-electron chi connectivity index (χ1n) is 5.90. The fraction of sp³-hybridized carbons (Fsp3) is 0.636. The van der Waals surface area contributed by atoms with E-state index in [9.17, 15) is 8.42 Å². The van der Waals surface area contributed by atoms with Crippen LogP contribution < -0.4 is 5.73 Å². The number of thiophene rings is 1. The predicted octanol–water partition coefficient (Wildman–Crippen LogP) is 0.531. The molecule has 0 aliphatic carbocycles. The third-order valence-electron chi connectivity index (χ3n) is 3.36. The molecular formula is C11H19N3O2S2. The molecule has 1 aromatic rings. The van der Waals surface area contributed by atoms with Crippen LogP contribution in [0.5, 0.6) is 0 Å². The molecule has 1 aliphatic heterocycles. The van der Waals surface area contributed by atoms with E-state index < -0.39 is 10.0 Å². The maximum absolute atomic E-state index is 12.5. The molecule has 18 heavy (non-hydrogen) atoms. The lowest BCUT2D eigenvalue weighted by Gasteiger charge is -2.20. The summed E-state index contributed by atoms with van der Waals surface area (Å²) in [4.78, 5) is 3.20. The lowest BCUT2D eigenvalue weighted by atomic mass is 10.2. The average Bonchev–Trinajstić information content (AvgIpc) is 2.98. The molecule has 1 fully saturated rings. The highest BCUT2D eigenvalue weighted by molar-refractivity contribution is 7.89. The lowest BCUT2D eigenvalue weighted by molar-refractivity contribution is 0.302. The first kappa shape index (κ1) is 14.0. The standard InChI is InChI=1S/C11H19N3O2S2/c1-13(2)9-3-5-14(8-9)18(15,16)11-4-6-17-10(11)7-12/h4,6,9H,3,5,7-8,12H2,1-2H3. The van der Waals surface area contributed by atoms with Crippen LogP contribution in [0, 0.1) is 0 Å². The summed E-state index contributed by atoms with van der Waals surface area (Å²) >= 11 is 1.40. The van der Waals surface area contributed by atoms with Crippen molar-refractivity contribution in [3.63, 3.8) is 0 Å². The van der Waals surface area contributed by atoms with Crippen LogP contribution in [0.3, 0.4) is 0 Å². The number of hydrogen-bond donors (Lipinski definition) is 1. The van der Waals surface area contributed by atoms with Gasteiger partial charge in [-0.15, -0.1) is 11.3 Å². The van der Waals surface area contributed by atoms with Crippen LogP contribution in [0.4, 0.5) is 0 Å². The highest BCUT2D eigenvalue weighted by Crippen LogP contribution is 2.27. The Hall–Kier alpha value is -0.470. The van der Waals surface area contributed by atoms with Gasteiger partial charge in [0, 0.05) is 30.6 Å². The maximum Gasteiger partial charge on any atom is 0.244 e. The van der Waals surface area contributed by atoms with Gasteiger partial charge in [-0.05, 0) is 32.0 Å². The van der Waals surface area contributed by atoms with Crippen molar-refractivity contribution in [2.75, 3.05) is 27.2 Å². The van der Waals surface area contributed by atoms with E-state index in [2.05, 4.69) is 4.90 Å². The molecule has 1 aromatic heterocycles. The summed E-state index contributed by atoms with van der Waals surface area (Å²) in [6.45, 7) is 1.43. The molecule has 5 nitrogen and oxygen atoms in total. The van der Waals surface area contributed by atoms with E-state index in [0.29, 0.717) is 24.0 Å². The predicted molar refractivity (Wildman–Crippen MR) is 73.1 cm³/mol. The second kappa shape index (κ2) is 5.26. The zero-order valence-electron chi connectivity index (χ0n) is 10.7. The quantitative estimate of drug-likeness (QED) is 0.878. The van der Waals surface area contributed by atoms with Crippen molar-refractivity contribution in [1.29, 1.82) is 0 Å². The van der Waals surface area contributed by atoms with Crippen molar-refractivity contribution in [3.8, 4) is 0 Å². The van der Waals surface area contributed by atoms with Gasteiger partial charge in [-0.25, -0.2) is 8.42 Å². The van der Waals surface area contributed by atoms with Crippen LogP contribution in [0.25, 0.3) is 0 Å². The van der Waals surface area contributed by atoms with E-state index in [1.54, 1.807) is 15.8 Å². The van der Waals surface area contributed by atoms with Gasteiger partial charge in [-0.2, -0.15) is 4.31 Å². The minimum Gasteiger partial charge on any atom is -0.326 e. The first-order valence-corrected chi connectivity index (χ1v) is 8.21. The van der Waals surface area contributed by atoms with Gasteiger partial charge >= 0.3 is 0 Å². The second-order valence-electron chi connectivity index (χ2n) is 4.68. The SMILES string of the molecule is CN(C)C1CCN(S(=O)(=O)c2ccsc2CN)C1. The Morgan fingerprint density at radius 2 is 2.28 bits per heavy atom. The normalized spacial score (nSPS) is 21.9. The van der Waals surface area contributed by atoms with E-state index in [-0.39, 0.29) is 6.54 Å². The van der Waals surface area contributed by atoms with Crippen molar-refractivity contribution >= 4 is 21.4 Å². The number of hydrogen-bond acceptors (Lipinski definition) is 5. The minimum atomic E-state index is -3.37. The first-order chi connectivity index (χ1) is 8.46. The van der Waals surface area contributed by atoms with Crippen LogP contribution in [0.15, 0.2) is 16.3 Å². The minimum absolute atomic E-state index is 0.275. The Balaban J connectivity index is 2.23. The molecule has 0 amide bonds. The van der Waals surface area contributed by atoms with Crippen LogP contribution >= 0.6 is 11.3 Å². The van der Waals surface area contributed by atoms with Gasteiger partial charge in [0.25, 0.3) is 0 Å². The monoisotopic (exact) mass is 289 g/mol. The number of sulfonamides is 1. The highest BCUT2D eigenvalue weighted by Gasteiger charge is 2.34. The zero-order valence-corrected chi connectivity index (χ0v) is 12.3. The summed E-state index contributed by atoms with van der Waals surface area (Å²) in [5.41, 5.74) is 5.59. The molecule has 0 aromatic carbocycles. The van der Waals surface area contributed by atoms with Gasteiger partial charge in [0.15, 0.2) is 0 Å². The van der Waals surface area contributed by atoms with Crippen LogP contribution in [-0.4, -0.2) is 50.8 Å². The van der Waals surface area contributed by atoms with Crippen molar-refractivity contribution in [1.82, 2.24) is 9.21 Å². The van der Waals surface area contributed by atoms with Gasteiger partial charge in [-0.1, -0.05) is 0 Å². The molecule has 102 valence electrons. The third-order valence-corrected chi connectivity index (χ3v) is 6.39. The lowest BCUT2D eigenvalue weighted by Crippen LogP contribution is -2.34. The molecule has 1 saturated heterocycles. The fourth-order valence-electron chi connectivity index (χ4n) is 2.20. The molecule has 0 bridgehead atoms. The van der Waals surface area contributed by atoms with E-state index in [1.165, 1.54) is 11.3 Å².